The van der Waals surface area contributed by atoms with Gasteiger partial charge in [-0.2, -0.15) is 0 Å². The van der Waals surface area contributed by atoms with Crippen molar-refractivity contribution in [3.05, 3.63) is 29.8 Å². The van der Waals surface area contributed by atoms with Crippen LogP contribution in [-0.4, -0.2) is 18.7 Å². The van der Waals surface area contributed by atoms with Gasteiger partial charge >= 0.3 is 0 Å². The first-order chi connectivity index (χ1) is 9.64. The molecular formula is C19H33NO. The lowest BCUT2D eigenvalue weighted by Gasteiger charge is -2.33. The van der Waals surface area contributed by atoms with Gasteiger partial charge in [0.05, 0.1) is 0 Å². The van der Waals surface area contributed by atoms with Gasteiger partial charge in [-0.05, 0) is 41.4 Å². The van der Waals surface area contributed by atoms with Gasteiger partial charge in [-0.3, -0.25) is 0 Å². The molecule has 2 heteroatoms. The van der Waals surface area contributed by atoms with Crippen LogP contribution in [0.2, 0.25) is 0 Å². The Morgan fingerprint density at radius 3 is 2.05 bits per heavy atom. The van der Waals surface area contributed by atoms with Gasteiger partial charge in [0, 0.05) is 13.6 Å². The fraction of sp³-hybridized carbons (Fsp3) is 0.684. The summed E-state index contributed by atoms with van der Waals surface area (Å²) < 4.78 is 0. The lowest BCUT2D eigenvalue weighted by molar-refractivity contribution is -0.0324. The third-order valence-electron chi connectivity index (χ3n) is 3.70. The highest BCUT2D eigenvalue weighted by molar-refractivity contribution is 5.31. The minimum atomic E-state index is 0.185. The molecule has 0 amide bonds. The predicted octanol–water partition coefficient (Wildman–Crippen LogP) is 5.43. The van der Waals surface area contributed by atoms with Crippen molar-refractivity contribution in [1.82, 2.24) is 5.06 Å². The summed E-state index contributed by atoms with van der Waals surface area (Å²) in [5.74, 6) is 0.920. The molecule has 0 radical (unpaired) electrons. The number of hydrogen-bond acceptors (Lipinski definition) is 2. The van der Waals surface area contributed by atoms with Crippen molar-refractivity contribution in [3.8, 4) is 5.75 Å². The van der Waals surface area contributed by atoms with Gasteiger partial charge < -0.3 is 4.84 Å². The van der Waals surface area contributed by atoms with Crippen molar-refractivity contribution in [2.75, 3.05) is 13.6 Å². The third kappa shape index (κ3) is 6.52. The lowest BCUT2D eigenvalue weighted by Crippen LogP contribution is -2.25. The summed E-state index contributed by atoms with van der Waals surface area (Å²) in [4.78, 5) is 5.82. The molecule has 21 heavy (non-hydrogen) atoms. The fourth-order valence-electron chi connectivity index (χ4n) is 3.00. The number of hydrogen-bond donors (Lipinski definition) is 0. The van der Waals surface area contributed by atoms with Crippen molar-refractivity contribution >= 4 is 0 Å². The molecule has 0 aliphatic heterocycles. The minimum absolute atomic E-state index is 0.185. The monoisotopic (exact) mass is 291 g/mol. The third-order valence-corrected chi connectivity index (χ3v) is 3.70. The van der Waals surface area contributed by atoms with E-state index in [1.165, 1.54) is 12.0 Å². The Morgan fingerprint density at radius 2 is 1.57 bits per heavy atom. The van der Waals surface area contributed by atoms with Gasteiger partial charge in [-0.25, -0.2) is 0 Å². The van der Waals surface area contributed by atoms with E-state index in [-0.39, 0.29) is 5.41 Å². The quantitative estimate of drug-likeness (QED) is 0.621. The molecule has 2 nitrogen and oxygen atoms in total. The molecule has 1 aromatic rings. The molecule has 0 heterocycles. The summed E-state index contributed by atoms with van der Waals surface area (Å²) in [7, 11) is 1.99. The zero-order valence-electron chi connectivity index (χ0n) is 15.0. The molecule has 0 aliphatic carbocycles. The maximum absolute atomic E-state index is 5.82. The Bertz CT molecular complexity index is 414. The number of benzene rings is 1. The summed E-state index contributed by atoms with van der Waals surface area (Å²) in [5.41, 5.74) is 1.89. The first kappa shape index (κ1) is 18.0. The van der Waals surface area contributed by atoms with Crippen LogP contribution in [0.3, 0.4) is 0 Å². The highest BCUT2D eigenvalue weighted by Gasteiger charge is 2.27. The maximum atomic E-state index is 5.82. The van der Waals surface area contributed by atoms with Crippen molar-refractivity contribution in [2.24, 2.45) is 5.41 Å². The second-order valence-electron chi connectivity index (χ2n) is 7.94. The zero-order valence-corrected chi connectivity index (χ0v) is 15.0. The van der Waals surface area contributed by atoms with Crippen molar-refractivity contribution in [3.63, 3.8) is 0 Å². The van der Waals surface area contributed by atoms with Gasteiger partial charge in [0.2, 0.25) is 0 Å². The van der Waals surface area contributed by atoms with Gasteiger partial charge in [0.25, 0.3) is 0 Å². The summed E-state index contributed by atoms with van der Waals surface area (Å²) in [5, 5.41) is 1.92. The maximum Gasteiger partial charge on any atom is 0.147 e. The van der Waals surface area contributed by atoms with Gasteiger partial charge in [0.15, 0.2) is 0 Å². The number of unbranched alkanes of at least 4 members (excludes halogenated alkanes) is 1. The predicted molar refractivity (Wildman–Crippen MR) is 91.7 cm³/mol. The standard InChI is InChI=1S/C19H33NO/c1-8-9-14-20(7)21-17-12-10-16(11-13-17)19(5,6)15-18(2,3)4/h10-13H,8-9,14-15H2,1-7H3. The molecule has 0 spiro atoms. The van der Waals surface area contributed by atoms with E-state index in [9.17, 15) is 0 Å². The van der Waals surface area contributed by atoms with Crippen LogP contribution in [0.25, 0.3) is 0 Å². The van der Waals surface area contributed by atoms with Crippen LogP contribution in [-0.2, 0) is 5.41 Å². The molecule has 0 aliphatic rings. The van der Waals surface area contributed by atoms with E-state index in [0.717, 1.165) is 25.1 Å². The van der Waals surface area contributed by atoms with Crippen molar-refractivity contribution in [1.29, 1.82) is 0 Å². The van der Waals surface area contributed by atoms with Crippen LogP contribution >= 0.6 is 0 Å². The molecule has 0 fully saturated rings. The summed E-state index contributed by atoms with van der Waals surface area (Å²) in [6.45, 7) is 14.7. The summed E-state index contributed by atoms with van der Waals surface area (Å²) in [6.07, 6.45) is 3.51. The van der Waals surface area contributed by atoms with E-state index in [0.29, 0.717) is 5.41 Å². The van der Waals surface area contributed by atoms with E-state index in [1.807, 2.05) is 12.1 Å². The molecule has 0 saturated heterocycles. The fourth-order valence-corrected chi connectivity index (χ4v) is 3.00. The highest BCUT2D eigenvalue weighted by Crippen LogP contribution is 2.36. The van der Waals surface area contributed by atoms with Gasteiger partial charge in [0.1, 0.15) is 5.75 Å². The minimum Gasteiger partial charge on any atom is -0.406 e. The van der Waals surface area contributed by atoms with Crippen LogP contribution in [0.1, 0.15) is 66.4 Å². The molecule has 0 unspecified atom stereocenters. The number of nitrogens with zero attached hydrogens (tertiary/aromatic N) is 1. The summed E-state index contributed by atoms with van der Waals surface area (Å²) >= 11 is 0. The topological polar surface area (TPSA) is 12.5 Å². The average Bonchev–Trinajstić information content (AvgIpc) is 2.34. The number of hydroxylamine groups is 2. The average molecular weight is 291 g/mol. The van der Waals surface area contributed by atoms with E-state index in [2.05, 4.69) is 65.8 Å². The first-order valence-electron chi connectivity index (χ1n) is 8.14. The molecule has 0 saturated carbocycles. The van der Waals surface area contributed by atoms with E-state index in [1.54, 1.807) is 0 Å². The Hall–Kier alpha value is -1.02. The SMILES string of the molecule is CCCCN(C)Oc1ccc(C(C)(C)CC(C)(C)C)cc1. The summed E-state index contributed by atoms with van der Waals surface area (Å²) in [6, 6.07) is 8.58. The second-order valence-corrected chi connectivity index (χ2v) is 7.94. The zero-order chi connectivity index (χ0) is 16.1. The largest absolute Gasteiger partial charge is 0.406 e. The molecule has 0 N–H and O–H groups in total. The van der Waals surface area contributed by atoms with Crippen LogP contribution in [0.4, 0.5) is 0 Å². The molecule has 0 atom stereocenters. The Morgan fingerprint density at radius 1 is 1.00 bits per heavy atom. The molecule has 0 bridgehead atoms. The lowest BCUT2D eigenvalue weighted by atomic mass is 9.72. The van der Waals surface area contributed by atoms with Gasteiger partial charge in [-0.15, -0.1) is 5.06 Å². The molecule has 1 rings (SSSR count). The molecular weight excluding hydrogens is 258 g/mol. The molecule has 0 aromatic heterocycles. The highest BCUT2D eigenvalue weighted by atomic mass is 16.7. The van der Waals surface area contributed by atoms with Crippen LogP contribution < -0.4 is 4.84 Å². The second kappa shape index (κ2) is 7.31. The number of rotatable bonds is 7. The van der Waals surface area contributed by atoms with Crippen LogP contribution in [0.15, 0.2) is 24.3 Å². The van der Waals surface area contributed by atoms with E-state index < -0.39 is 0 Å². The van der Waals surface area contributed by atoms with Crippen molar-refractivity contribution < 1.29 is 4.84 Å². The Balaban J connectivity index is 2.69. The molecule has 1 aromatic carbocycles. The van der Waals surface area contributed by atoms with E-state index >= 15 is 0 Å². The Labute approximate surface area is 131 Å². The smallest absolute Gasteiger partial charge is 0.147 e. The van der Waals surface area contributed by atoms with Crippen molar-refractivity contribution in [2.45, 2.75) is 66.2 Å². The normalized spacial score (nSPS) is 12.8. The van der Waals surface area contributed by atoms with Crippen LogP contribution in [0.5, 0.6) is 5.75 Å². The van der Waals surface area contributed by atoms with Gasteiger partial charge in [-0.1, -0.05) is 60.1 Å². The van der Waals surface area contributed by atoms with E-state index in [4.69, 9.17) is 4.84 Å². The molecule has 120 valence electrons. The first-order valence-corrected chi connectivity index (χ1v) is 8.14. The van der Waals surface area contributed by atoms with Crippen LogP contribution in [0, 0.1) is 5.41 Å². The Kier molecular flexibility index (Phi) is 6.27.